The average Bonchev–Trinajstić information content (AvgIpc) is 2.33. The number of rotatable bonds is 5. The summed E-state index contributed by atoms with van der Waals surface area (Å²) in [4.78, 5) is 0.447. The van der Waals surface area contributed by atoms with Crippen LogP contribution in [0.25, 0.3) is 0 Å². The summed E-state index contributed by atoms with van der Waals surface area (Å²) in [5.41, 5.74) is 0.885. The highest BCUT2D eigenvalue weighted by Crippen LogP contribution is 2.21. The van der Waals surface area contributed by atoms with Crippen molar-refractivity contribution in [3.8, 4) is 0 Å². The SMILES string of the molecule is CCc1ccccc1S(=O)(=O)N(C)CC1CNC1. The Labute approximate surface area is 109 Å². The first kappa shape index (κ1) is 13.5. The lowest BCUT2D eigenvalue weighted by atomic mass is 10.0. The van der Waals surface area contributed by atoms with E-state index in [9.17, 15) is 8.42 Å². The molecule has 1 fully saturated rings. The molecule has 5 heteroatoms. The summed E-state index contributed by atoms with van der Waals surface area (Å²) in [6.07, 6.45) is 0.730. The van der Waals surface area contributed by atoms with Gasteiger partial charge in [0.2, 0.25) is 10.0 Å². The first-order valence-electron chi connectivity index (χ1n) is 6.30. The zero-order valence-electron chi connectivity index (χ0n) is 10.9. The van der Waals surface area contributed by atoms with Crippen molar-refractivity contribution in [2.45, 2.75) is 18.2 Å². The van der Waals surface area contributed by atoms with E-state index in [4.69, 9.17) is 0 Å². The minimum atomic E-state index is -3.35. The summed E-state index contributed by atoms with van der Waals surface area (Å²) in [6, 6.07) is 7.24. The minimum absolute atomic E-state index is 0.443. The molecule has 0 unspecified atom stereocenters. The molecule has 1 N–H and O–H groups in total. The van der Waals surface area contributed by atoms with Crippen molar-refractivity contribution in [3.05, 3.63) is 29.8 Å². The van der Waals surface area contributed by atoms with Gasteiger partial charge in [-0.15, -0.1) is 0 Å². The lowest BCUT2D eigenvalue weighted by Crippen LogP contribution is -2.48. The summed E-state index contributed by atoms with van der Waals surface area (Å²) in [5, 5.41) is 3.16. The van der Waals surface area contributed by atoms with Gasteiger partial charge in [-0.2, -0.15) is 0 Å². The van der Waals surface area contributed by atoms with Crippen LogP contribution in [0.4, 0.5) is 0 Å². The summed E-state index contributed by atoms with van der Waals surface area (Å²) < 4.78 is 26.5. The van der Waals surface area contributed by atoms with Gasteiger partial charge in [0, 0.05) is 26.7 Å². The lowest BCUT2D eigenvalue weighted by Gasteiger charge is -2.31. The fourth-order valence-electron chi connectivity index (χ4n) is 2.15. The molecule has 4 nitrogen and oxygen atoms in total. The molecule has 0 spiro atoms. The van der Waals surface area contributed by atoms with Crippen LogP contribution in [0.1, 0.15) is 12.5 Å². The van der Waals surface area contributed by atoms with Crippen molar-refractivity contribution in [1.82, 2.24) is 9.62 Å². The smallest absolute Gasteiger partial charge is 0.243 e. The van der Waals surface area contributed by atoms with Crippen LogP contribution in [0.15, 0.2) is 29.2 Å². The summed E-state index contributed by atoms with van der Waals surface area (Å²) in [5.74, 6) is 0.443. The fourth-order valence-corrected chi connectivity index (χ4v) is 3.69. The topological polar surface area (TPSA) is 49.4 Å². The second-order valence-electron chi connectivity index (χ2n) is 4.77. The van der Waals surface area contributed by atoms with Gasteiger partial charge < -0.3 is 5.32 Å². The molecule has 0 bridgehead atoms. The number of hydrogen-bond donors (Lipinski definition) is 1. The van der Waals surface area contributed by atoms with Crippen molar-refractivity contribution >= 4 is 10.0 Å². The Balaban J connectivity index is 2.23. The predicted molar refractivity (Wildman–Crippen MR) is 72.0 cm³/mol. The van der Waals surface area contributed by atoms with Gasteiger partial charge in [0.05, 0.1) is 4.90 Å². The van der Waals surface area contributed by atoms with Crippen LogP contribution in [0.2, 0.25) is 0 Å². The van der Waals surface area contributed by atoms with Crippen molar-refractivity contribution in [2.24, 2.45) is 5.92 Å². The van der Waals surface area contributed by atoms with E-state index in [-0.39, 0.29) is 0 Å². The normalized spacial score (nSPS) is 16.8. The van der Waals surface area contributed by atoms with Gasteiger partial charge in [-0.25, -0.2) is 12.7 Å². The van der Waals surface area contributed by atoms with Gasteiger partial charge in [-0.1, -0.05) is 25.1 Å². The molecule has 0 radical (unpaired) electrons. The zero-order valence-corrected chi connectivity index (χ0v) is 11.7. The van der Waals surface area contributed by atoms with Crippen LogP contribution in [-0.2, 0) is 16.4 Å². The Morgan fingerprint density at radius 2 is 2.00 bits per heavy atom. The van der Waals surface area contributed by atoms with Crippen LogP contribution in [0.5, 0.6) is 0 Å². The summed E-state index contributed by atoms with van der Waals surface area (Å²) >= 11 is 0. The molecule has 1 saturated heterocycles. The van der Waals surface area contributed by atoms with Crippen LogP contribution in [-0.4, -0.2) is 39.4 Å². The van der Waals surface area contributed by atoms with Crippen molar-refractivity contribution in [3.63, 3.8) is 0 Å². The third-order valence-electron chi connectivity index (χ3n) is 3.42. The molecule has 0 aromatic heterocycles. The first-order valence-corrected chi connectivity index (χ1v) is 7.74. The number of nitrogens with one attached hydrogen (secondary N) is 1. The van der Waals surface area contributed by atoms with E-state index in [1.807, 2.05) is 19.1 Å². The van der Waals surface area contributed by atoms with Gasteiger partial charge in [0.15, 0.2) is 0 Å². The minimum Gasteiger partial charge on any atom is -0.316 e. The van der Waals surface area contributed by atoms with Gasteiger partial charge in [-0.05, 0) is 24.0 Å². The quantitative estimate of drug-likeness (QED) is 0.869. The van der Waals surface area contributed by atoms with Crippen LogP contribution < -0.4 is 5.32 Å². The van der Waals surface area contributed by atoms with E-state index in [0.717, 1.165) is 25.1 Å². The third kappa shape index (κ3) is 2.58. The predicted octanol–water partition coefficient (Wildman–Crippen LogP) is 1.09. The van der Waals surface area contributed by atoms with E-state index in [0.29, 0.717) is 17.4 Å². The summed E-state index contributed by atoms with van der Waals surface area (Å²) in [6.45, 7) is 4.39. The zero-order chi connectivity index (χ0) is 13.2. The molecular weight excluding hydrogens is 248 g/mol. The Morgan fingerprint density at radius 3 is 2.56 bits per heavy atom. The van der Waals surface area contributed by atoms with Gasteiger partial charge >= 0.3 is 0 Å². The molecule has 1 heterocycles. The lowest BCUT2D eigenvalue weighted by molar-refractivity contribution is 0.288. The van der Waals surface area contributed by atoms with Crippen molar-refractivity contribution in [1.29, 1.82) is 0 Å². The molecule has 0 saturated carbocycles. The fraction of sp³-hybridized carbons (Fsp3) is 0.538. The number of benzene rings is 1. The Morgan fingerprint density at radius 1 is 1.33 bits per heavy atom. The maximum atomic E-state index is 12.5. The Hall–Kier alpha value is -0.910. The number of aryl methyl sites for hydroxylation is 1. The third-order valence-corrected chi connectivity index (χ3v) is 5.35. The summed E-state index contributed by atoms with van der Waals surface area (Å²) in [7, 11) is -1.68. The first-order chi connectivity index (χ1) is 8.55. The maximum absolute atomic E-state index is 12.5. The standard InChI is InChI=1S/C13H20N2O2S/c1-3-12-6-4-5-7-13(12)18(16,17)15(2)10-11-8-14-9-11/h4-7,11,14H,3,8-10H2,1-2H3. The van der Waals surface area contributed by atoms with E-state index in [2.05, 4.69) is 5.32 Å². The molecule has 100 valence electrons. The molecule has 0 atom stereocenters. The molecule has 1 aliphatic heterocycles. The van der Waals surface area contributed by atoms with E-state index >= 15 is 0 Å². The van der Waals surface area contributed by atoms with Gasteiger partial charge in [-0.3, -0.25) is 0 Å². The molecule has 1 aliphatic rings. The van der Waals surface area contributed by atoms with Crippen molar-refractivity contribution < 1.29 is 8.42 Å². The van der Waals surface area contributed by atoms with Crippen LogP contribution >= 0.6 is 0 Å². The molecule has 0 amide bonds. The van der Waals surface area contributed by atoms with E-state index in [1.165, 1.54) is 4.31 Å². The Bertz CT molecular complexity index is 509. The molecule has 1 aromatic carbocycles. The van der Waals surface area contributed by atoms with E-state index in [1.54, 1.807) is 19.2 Å². The largest absolute Gasteiger partial charge is 0.316 e. The molecule has 1 aromatic rings. The second kappa shape index (κ2) is 5.38. The van der Waals surface area contributed by atoms with Crippen LogP contribution in [0.3, 0.4) is 0 Å². The number of hydrogen-bond acceptors (Lipinski definition) is 3. The van der Waals surface area contributed by atoms with Gasteiger partial charge in [0.25, 0.3) is 0 Å². The van der Waals surface area contributed by atoms with Crippen molar-refractivity contribution in [2.75, 3.05) is 26.7 Å². The molecule has 18 heavy (non-hydrogen) atoms. The average molecular weight is 268 g/mol. The number of nitrogens with zero attached hydrogens (tertiary/aromatic N) is 1. The van der Waals surface area contributed by atoms with Gasteiger partial charge in [0.1, 0.15) is 0 Å². The highest BCUT2D eigenvalue weighted by atomic mass is 32.2. The van der Waals surface area contributed by atoms with E-state index < -0.39 is 10.0 Å². The molecule has 2 rings (SSSR count). The molecule has 0 aliphatic carbocycles. The second-order valence-corrected chi connectivity index (χ2v) is 6.78. The van der Waals surface area contributed by atoms with Crippen LogP contribution in [0, 0.1) is 5.92 Å². The molecular formula is C13H20N2O2S. The number of sulfonamides is 1. The maximum Gasteiger partial charge on any atom is 0.243 e. The Kier molecular flexibility index (Phi) is 4.04. The highest BCUT2D eigenvalue weighted by molar-refractivity contribution is 7.89. The monoisotopic (exact) mass is 268 g/mol. The highest BCUT2D eigenvalue weighted by Gasteiger charge is 2.27.